The van der Waals surface area contributed by atoms with Crippen molar-refractivity contribution >= 4 is 107 Å². The van der Waals surface area contributed by atoms with E-state index < -0.39 is 0 Å². The zero-order valence-electron chi connectivity index (χ0n) is 20.4. The number of rotatable bonds is 9. The molecule has 7 heteroatoms. The van der Waals surface area contributed by atoms with Crippen molar-refractivity contribution in [2.45, 2.75) is 51.5 Å². The molecule has 0 aliphatic carbocycles. The molecule has 0 aliphatic rings. The van der Waals surface area contributed by atoms with Crippen LogP contribution in [-0.2, 0) is 0 Å². The van der Waals surface area contributed by atoms with E-state index in [1.807, 2.05) is 0 Å². The van der Waals surface area contributed by atoms with Crippen LogP contribution >= 0.6 is 86.4 Å². The minimum Gasteiger partial charge on any atom is -0.324 e. The highest BCUT2D eigenvalue weighted by Gasteiger charge is 2.24. The molecule has 0 spiro atoms. The lowest BCUT2D eigenvalue weighted by atomic mass is 9.91. The minimum atomic E-state index is -0.0717. The van der Waals surface area contributed by atoms with Gasteiger partial charge in [-0.1, -0.05) is 70.9 Å². The fourth-order valence-electron chi connectivity index (χ4n) is 4.86. The zero-order chi connectivity index (χ0) is 26.1. The third-order valence-corrected chi connectivity index (χ3v) is 11.7. The third kappa shape index (κ3) is 5.84. The summed E-state index contributed by atoms with van der Waals surface area (Å²) in [4.78, 5) is 0. The van der Waals surface area contributed by atoms with Crippen LogP contribution in [0.4, 0.5) is 0 Å². The van der Waals surface area contributed by atoms with Gasteiger partial charge >= 0.3 is 0 Å². The Morgan fingerprint density at radius 1 is 0.676 bits per heavy atom. The van der Waals surface area contributed by atoms with Crippen molar-refractivity contribution in [3.05, 3.63) is 76.7 Å². The average molecular weight is 785 g/mol. The van der Waals surface area contributed by atoms with E-state index in [9.17, 15) is 0 Å². The summed E-state index contributed by atoms with van der Waals surface area (Å²) in [6.07, 6.45) is 7.14. The van der Waals surface area contributed by atoms with E-state index in [0.29, 0.717) is 0 Å². The molecule has 1 atom stereocenters. The second kappa shape index (κ2) is 12.3. The fraction of sp³-hybridized carbons (Fsp3) is 0.267. The number of benzene rings is 3. The van der Waals surface area contributed by atoms with Gasteiger partial charge in [0.15, 0.2) is 0 Å². The maximum Gasteiger partial charge on any atom is 0.0349 e. The van der Waals surface area contributed by atoms with Gasteiger partial charge in [0.05, 0.1) is 0 Å². The summed E-state index contributed by atoms with van der Waals surface area (Å²) in [7, 11) is 0. The van der Waals surface area contributed by atoms with E-state index >= 15 is 0 Å². The largest absolute Gasteiger partial charge is 0.324 e. The summed E-state index contributed by atoms with van der Waals surface area (Å²) >= 11 is 19.3. The first kappa shape index (κ1) is 28.0. The molecule has 37 heavy (non-hydrogen) atoms. The van der Waals surface area contributed by atoms with Crippen LogP contribution in [0.25, 0.3) is 42.4 Å². The summed E-state index contributed by atoms with van der Waals surface area (Å²) in [5.41, 5.74) is 12.7. The Morgan fingerprint density at radius 3 is 1.70 bits per heavy atom. The summed E-state index contributed by atoms with van der Waals surface area (Å²) in [6.45, 7) is 2.25. The SMILES string of the molecule is CCCCCCCC(N)c1c(Br)c(-c2cc3sccc3cc2Br)cc(-c2cc3sccc3cc2Br)c1Br. The van der Waals surface area contributed by atoms with Gasteiger partial charge in [0.25, 0.3) is 0 Å². The van der Waals surface area contributed by atoms with Gasteiger partial charge in [0.1, 0.15) is 0 Å². The van der Waals surface area contributed by atoms with E-state index in [1.165, 1.54) is 57.0 Å². The first-order valence-electron chi connectivity index (χ1n) is 12.5. The van der Waals surface area contributed by atoms with Crippen LogP contribution < -0.4 is 5.73 Å². The Balaban J connectivity index is 1.68. The molecule has 1 nitrogen and oxygen atoms in total. The van der Waals surface area contributed by atoms with Gasteiger partial charge in [-0.15, -0.1) is 22.7 Å². The van der Waals surface area contributed by atoms with Crippen LogP contribution in [0.1, 0.15) is 57.1 Å². The molecule has 3 aromatic carbocycles. The minimum absolute atomic E-state index is 0.0717. The normalized spacial score (nSPS) is 12.6. The van der Waals surface area contributed by atoms with Crippen molar-refractivity contribution in [3.63, 3.8) is 0 Å². The van der Waals surface area contributed by atoms with Crippen molar-refractivity contribution in [2.75, 3.05) is 0 Å². The molecule has 5 aromatic rings. The van der Waals surface area contributed by atoms with E-state index in [1.54, 1.807) is 22.7 Å². The molecule has 0 aliphatic heterocycles. The molecule has 0 bridgehead atoms. The lowest BCUT2D eigenvalue weighted by Gasteiger charge is -2.23. The molecule has 0 radical (unpaired) electrons. The van der Waals surface area contributed by atoms with Gasteiger partial charge < -0.3 is 5.73 Å². The number of hydrogen-bond donors (Lipinski definition) is 1. The van der Waals surface area contributed by atoms with Crippen LogP contribution in [0.5, 0.6) is 0 Å². The van der Waals surface area contributed by atoms with Crippen LogP contribution in [-0.4, -0.2) is 0 Å². The van der Waals surface area contributed by atoms with Crippen molar-refractivity contribution in [2.24, 2.45) is 5.73 Å². The lowest BCUT2D eigenvalue weighted by Crippen LogP contribution is -2.13. The third-order valence-electron chi connectivity index (χ3n) is 6.89. The van der Waals surface area contributed by atoms with E-state index in [-0.39, 0.29) is 6.04 Å². The second-order valence-electron chi connectivity index (χ2n) is 9.40. The summed E-state index contributed by atoms with van der Waals surface area (Å²) in [6, 6.07) is 15.6. The number of unbranched alkanes of at least 4 members (excludes halogenated alkanes) is 4. The quantitative estimate of drug-likeness (QED) is 0.148. The highest BCUT2D eigenvalue weighted by molar-refractivity contribution is 9.11. The van der Waals surface area contributed by atoms with E-state index in [0.717, 1.165) is 47.4 Å². The molecule has 0 saturated carbocycles. The Kier molecular flexibility index (Phi) is 9.33. The molecule has 5 rings (SSSR count). The van der Waals surface area contributed by atoms with E-state index in [2.05, 4.69) is 124 Å². The topological polar surface area (TPSA) is 26.0 Å². The number of halogens is 4. The fourth-order valence-corrected chi connectivity index (χ4v) is 9.54. The maximum absolute atomic E-state index is 6.95. The molecule has 2 heterocycles. The van der Waals surface area contributed by atoms with Crippen LogP contribution in [0.2, 0.25) is 0 Å². The Labute approximate surface area is 260 Å². The van der Waals surface area contributed by atoms with Crippen molar-refractivity contribution in [3.8, 4) is 22.3 Å². The smallest absolute Gasteiger partial charge is 0.0349 e. The molecule has 192 valence electrons. The van der Waals surface area contributed by atoms with Gasteiger partial charge in [-0.25, -0.2) is 0 Å². The lowest BCUT2D eigenvalue weighted by molar-refractivity contribution is 0.553. The molecule has 2 aromatic heterocycles. The Bertz CT molecular complexity index is 1470. The van der Waals surface area contributed by atoms with Crippen molar-refractivity contribution in [1.82, 2.24) is 0 Å². The first-order chi connectivity index (χ1) is 17.9. The number of hydrogen-bond acceptors (Lipinski definition) is 3. The number of nitrogens with two attached hydrogens (primary N) is 1. The van der Waals surface area contributed by atoms with E-state index in [4.69, 9.17) is 5.73 Å². The molecule has 0 fully saturated rings. The summed E-state index contributed by atoms with van der Waals surface area (Å²) in [5, 5.41) is 6.81. The highest BCUT2D eigenvalue weighted by Crippen LogP contribution is 2.48. The molecule has 0 amide bonds. The molecular formula is C30H27Br4NS2. The number of fused-ring (bicyclic) bond motifs is 2. The standard InChI is InChI=1S/C30H27Br4NS2/c1-2-3-4-5-6-7-25(35)28-29(33)21(19-15-26-17(8-10-36-26)12-23(19)31)14-22(30(28)34)20-16-27-18(9-11-37-27)13-24(20)32/h8-16,25H,2-7,35H2,1H3. The zero-order valence-corrected chi connectivity index (χ0v) is 28.4. The van der Waals surface area contributed by atoms with Gasteiger partial charge in [-0.2, -0.15) is 0 Å². The average Bonchev–Trinajstić information content (AvgIpc) is 3.52. The Hall–Kier alpha value is -0.540. The monoisotopic (exact) mass is 781 g/mol. The maximum atomic E-state index is 6.95. The summed E-state index contributed by atoms with van der Waals surface area (Å²) < 4.78 is 6.84. The van der Waals surface area contributed by atoms with Crippen molar-refractivity contribution in [1.29, 1.82) is 0 Å². The predicted molar refractivity (Wildman–Crippen MR) is 179 cm³/mol. The molecule has 2 N–H and O–H groups in total. The first-order valence-corrected chi connectivity index (χ1v) is 17.4. The van der Waals surface area contributed by atoms with Crippen LogP contribution in [0.3, 0.4) is 0 Å². The summed E-state index contributed by atoms with van der Waals surface area (Å²) in [5.74, 6) is 0. The molecule has 1 unspecified atom stereocenters. The van der Waals surface area contributed by atoms with Gasteiger partial charge in [0, 0.05) is 33.3 Å². The predicted octanol–water partition coefficient (Wildman–Crippen LogP) is 12.9. The highest BCUT2D eigenvalue weighted by atomic mass is 79.9. The van der Waals surface area contributed by atoms with Crippen LogP contribution in [0, 0.1) is 0 Å². The number of thiophene rings is 2. The second-order valence-corrected chi connectivity index (χ2v) is 14.6. The molecular weight excluding hydrogens is 758 g/mol. The Morgan fingerprint density at radius 2 is 1.19 bits per heavy atom. The van der Waals surface area contributed by atoms with Crippen molar-refractivity contribution < 1.29 is 0 Å². The van der Waals surface area contributed by atoms with Gasteiger partial charge in [0.2, 0.25) is 0 Å². The van der Waals surface area contributed by atoms with Crippen LogP contribution in [0.15, 0.2) is 71.1 Å². The van der Waals surface area contributed by atoms with Gasteiger partial charge in [-0.3, -0.25) is 0 Å². The van der Waals surface area contributed by atoms with Gasteiger partial charge in [-0.05, 0) is 130 Å². The molecule has 0 saturated heterocycles.